The van der Waals surface area contributed by atoms with Crippen LogP contribution in [0.5, 0.6) is 0 Å². The van der Waals surface area contributed by atoms with Gasteiger partial charge in [-0.05, 0) is 19.2 Å². The van der Waals surface area contributed by atoms with Crippen molar-refractivity contribution in [3.05, 3.63) is 23.9 Å². The average Bonchev–Trinajstić information content (AvgIpc) is 1.88. The van der Waals surface area contributed by atoms with E-state index in [9.17, 15) is 4.79 Å². The molecule has 0 fully saturated rings. The van der Waals surface area contributed by atoms with Gasteiger partial charge in [-0.1, -0.05) is 12.7 Å². The summed E-state index contributed by atoms with van der Waals surface area (Å²) < 4.78 is 0. The Morgan fingerprint density at radius 1 is 1.70 bits per heavy atom. The minimum Gasteiger partial charge on any atom is -0.477 e. The summed E-state index contributed by atoms with van der Waals surface area (Å²) in [6, 6.07) is 0. The van der Waals surface area contributed by atoms with E-state index < -0.39 is 5.97 Å². The quantitative estimate of drug-likeness (QED) is 0.363. The molecule has 54 valence electrons. The van der Waals surface area contributed by atoms with E-state index in [0.717, 1.165) is 0 Å². The molecule has 0 saturated heterocycles. The normalized spacial score (nSPS) is 11.7. The first-order valence-corrected chi connectivity index (χ1v) is 2.66. The molecule has 0 saturated carbocycles. The minimum absolute atomic E-state index is 0.0463. The Hall–Kier alpha value is -1.38. The molecule has 1 N–H and O–H groups in total. The van der Waals surface area contributed by atoms with Gasteiger partial charge in [0.2, 0.25) is 0 Å². The smallest absolute Gasteiger partial charge is 0.354 e. The second-order valence-electron chi connectivity index (χ2n) is 1.70. The molecule has 0 aliphatic rings. The zero-order chi connectivity index (χ0) is 8.15. The summed E-state index contributed by atoms with van der Waals surface area (Å²) in [4.78, 5) is 13.6. The molecule has 3 heteroatoms. The summed E-state index contributed by atoms with van der Waals surface area (Å²) in [7, 11) is 0. The molecule has 0 heterocycles. The molecule has 0 aliphatic heterocycles. The van der Waals surface area contributed by atoms with Crippen molar-refractivity contribution in [1.29, 1.82) is 0 Å². The minimum atomic E-state index is -1.08. The summed E-state index contributed by atoms with van der Waals surface area (Å²) >= 11 is 0. The number of aliphatic imine (C=N–C) groups is 1. The standard InChI is InChI=1S/C7H9NO2/c1-4-5(2)6(8-3)7(9)10/h4H,1,3H2,2H3,(H,9,10)/b6-5-. The van der Waals surface area contributed by atoms with Crippen molar-refractivity contribution in [1.82, 2.24) is 0 Å². The van der Waals surface area contributed by atoms with Crippen molar-refractivity contribution in [2.45, 2.75) is 6.92 Å². The summed E-state index contributed by atoms with van der Waals surface area (Å²) in [5, 5.41) is 8.44. The van der Waals surface area contributed by atoms with Crippen LogP contribution in [0.2, 0.25) is 0 Å². The molecule has 3 nitrogen and oxygen atoms in total. The largest absolute Gasteiger partial charge is 0.477 e. The second-order valence-corrected chi connectivity index (χ2v) is 1.70. The number of rotatable bonds is 3. The summed E-state index contributed by atoms with van der Waals surface area (Å²) in [5.74, 6) is -1.08. The van der Waals surface area contributed by atoms with Crippen LogP contribution >= 0.6 is 0 Å². The number of aliphatic carboxylic acids is 1. The van der Waals surface area contributed by atoms with Crippen LogP contribution in [0, 0.1) is 0 Å². The Kier molecular flexibility index (Phi) is 3.11. The highest BCUT2D eigenvalue weighted by molar-refractivity contribution is 5.88. The average molecular weight is 139 g/mol. The maximum atomic E-state index is 10.3. The highest BCUT2D eigenvalue weighted by Gasteiger charge is 2.05. The van der Waals surface area contributed by atoms with Gasteiger partial charge in [-0.2, -0.15) is 0 Å². The molecule has 0 amide bonds. The Labute approximate surface area is 59.4 Å². The summed E-state index contributed by atoms with van der Waals surface area (Å²) in [5.41, 5.74) is 0.470. The van der Waals surface area contributed by atoms with Gasteiger partial charge in [0.05, 0.1) is 0 Å². The van der Waals surface area contributed by atoms with Crippen LogP contribution < -0.4 is 0 Å². The molecule has 0 rings (SSSR count). The fourth-order valence-electron chi connectivity index (χ4n) is 0.458. The zero-order valence-corrected chi connectivity index (χ0v) is 5.79. The van der Waals surface area contributed by atoms with Gasteiger partial charge in [0.15, 0.2) is 0 Å². The Morgan fingerprint density at radius 3 is 2.30 bits per heavy atom. The highest BCUT2D eigenvalue weighted by Crippen LogP contribution is 2.05. The fraction of sp³-hybridized carbons (Fsp3) is 0.143. The number of nitrogens with zero attached hydrogens (tertiary/aromatic N) is 1. The first-order chi connectivity index (χ1) is 4.63. The van der Waals surface area contributed by atoms with Crippen molar-refractivity contribution >= 4 is 12.7 Å². The molecular weight excluding hydrogens is 130 g/mol. The predicted molar refractivity (Wildman–Crippen MR) is 40.1 cm³/mol. The van der Waals surface area contributed by atoms with Crippen molar-refractivity contribution < 1.29 is 9.90 Å². The van der Waals surface area contributed by atoms with E-state index in [1.54, 1.807) is 6.92 Å². The Morgan fingerprint density at radius 2 is 2.20 bits per heavy atom. The van der Waals surface area contributed by atoms with Crippen LogP contribution in [-0.2, 0) is 4.79 Å². The van der Waals surface area contributed by atoms with Gasteiger partial charge in [-0.15, -0.1) is 0 Å². The number of carboxylic acid groups (broad SMARTS) is 1. The molecule has 0 spiro atoms. The third kappa shape index (κ3) is 1.85. The molecule has 0 aromatic carbocycles. The molecule has 0 aromatic heterocycles. The topological polar surface area (TPSA) is 49.7 Å². The van der Waals surface area contributed by atoms with E-state index in [-0.39, 0.29) is 5.70 Å². The van der Waals surface area contributed by atoms with E-state index in [0.29, 0.717) is 5.57 Å². The summed E-state index contributed by atoms with van der Waals surface area (Å²) in [6.07, 6.45) is 1.43. The van der Waals surface area contributed by atoms with E-state index in [2.05, 4.69) is 18.3 Å². The second kappa shape index (κ2) is 3.61. The van der Waals surface area contributed by atoms with Gasteiger partial charge < -0.3 is 5.11 Å². The first-order valence-electron chi connectivity index (χ1n) is 2.66. The van der Waals surface area contributed by atoms with Crippen LogP contribution in [0.1, 0.15) is 6.92 Å². The number of carboxylic acids is 1. The predicted octanol–water partition coefficient (Wildman–Crippen LogP) is 1.23. The third-order valence-corrected chi connectivity index (χ3v) is 1.04. The van der Waals surface area contributed by atoms with Gasteiger partial charge in [-0.25, -0.2) is 4.79 Å². The van der Waals surface area contributed by atoms with E-state index in [1.807, 2.05) is 0 Å². The maximum Gasteiger partial charge on any atom is 0.354 e. The molecule has 0 atom stereocenters. The van der Waals surface area contributed by atoms with Crippen LogP contribution in [0.4, 0.5) is 0 Å². The van der Waals surface area contributed by atoms with E-state index in [1.165, 1.54) is 6.08 Å². The van der Waals surface area contributed by atoms with Crippen LogP contribution in [0.25, 0.3) is 0 Å². The molecule has 0 radical (unpaired) electrons. The van der Waals surface area contributed by atoms with Gasteiger partial charge in [0.25, 0.3) is 0 Å². The maximum absolute atomic E-state index is 10.3. The third-order valence-electron chi connectivity index (χ3n) is 1.04. The molecule has 10 heavy (non-hydrogen) atoms. The van der Waals surface area contributed by atoms with Crippen molar-refractivity contribution in [2.24, 2.45) is 4.99 Å². The Bertz CT molecular complexity index is 204. The number of hydrogen-bond acceptors (Lipinski definition) is 2. The van der Waals surface area contributed by atoms with Crippen molar-refractivity contribution in [2.75, 3.05) is 0 Å². The molecule has 0 aliphatic carbocycles. The first kappa shape index (κ1) is 8.62. The van der Waals surface area contributed by atoms with Crippen LogP contribution in [0.3, 0.4) is 0 Å². The molecular formula is C7H9NO2. The lowest BCUT2D eigenvalue weighted by molar-refractivity contribution is -0.132. The van der Waals surface area contributed by atoms with Crippen molar-refractivity contribution in [3.63, 3.8) is 0 Å². The lowest BCUT2D eigenvalue weighted by atomic mass is 10.2. The Balaban J connectivity index is 4.79. The zero-order valence-electron chi connectivity index (χ0n) is 5.79. The van der Waals surface area contributed by atoms with E-state index >= 15 is 0 Å². The monoisotopic (exact) mass is 139 g/mol. The van der Waals surface area contributed by atoms with Crippen LogP contribution in [0.15, 0.2) is 28.9 Å². The van der Waals surface area contributed by atoms with Crippen molar-refractivity contribution in [3.8, 4) is 0 Å². The molecule has 0 aromatic rings. The summed E-state index contributed by atoms with van der Waals surface area (Å²) in [6.45, 7) is 8.13. The number of allylic oxidation sites excluding steroid dienone is 2. The van der Waals surface area contributed by atoms with E-state index in [4.69, 9.17) is 5.11 Å². The number of carbonyl (C=O) groups is 1. The number of hydrogen-bond donors (Lipinski definition) is 1. The fourth-order valence-corrected chi connectivity index (χ4v) is 0.458. The highest BCUT2D eigenvalue weighted by atomic mass is 16.4. The van der Waals surface area contributed by atoms with Gasteiger partial charge in [-0.3, -0.25) is 4.99 Å². The lowest BCUT2D eigenvalue weighted by Gasteiger charge is -1.94. The lowest BCUT2D eigenvalue weighted by Crippen LogP contribution is -1.99. The molecule has 0 bridgehead atoms. The van der Waals surface area contributed by atoms with Gasteiger partial charge in [0, 0.05) is 0 Å². The molecule has 0 unspecified atom stereocenters. The van der Waals surface area contributed by atoms with Gasteiger partial charge >= 0.3 is 5.97 Å². The van der Waals surface area contributed by atoms with Gasteiger partial charge in [0.1, 0.15) is 5.70 Å². The SMILES string of the molecule is C=C/C(C)=C(\N=C)C(=O)O. The van der Waals surface area contributed by atoms with Crippen LogP contribution in [-0.4, -0.2) is 17.8 Å².